The first kappa shape index (κ1) is 13.2. The van der Waals surface area contributed by atoms with Crippen LogP contribution in [0.2, 0.25) is 0 Å². The van der Waals surface area contributed by atoms with Gasteiger partial charge in [0.1, 0.15) is 11.6 Å². The van der Waals surface area contributed by atoms with E-state index in [0.717, 1.165) is 41.5 Å². The Bertz CT molecular complexity index is 631. The zero-order valence-electron chi connectivity index (χ0n) is 11.4. The van der Waals surface area contributed by atoms with E-state index >= 15 is 0 Å². The maximum atomic E-state index is 9.60. The van der Waals surface area contributed by atoms with Gasteiger partial charge in [0, 0.05) is 29.2 Å². The van der Waals surface area contributed by atoms with Gasteiger partial charge in [0.15, 0.2) is 5.82 Å². The lowest BCUT2D eigenvalue weighted by atomic mass is 10.1. The molecule has 0 bridgehead atoms. The van der Waals surface area contributed by atoms with Crippen LogP contribution in [0, 0.1) is 0 Å². The molecule has 2 heterocycles. The van der Waals surface area contributed by atoms with E-state index in [1.807, 2.05) is 23.9 Å². The molecule has 0 saturated heterocycles. The molecule has 0 amide bonds. The second-order valence-electron chi connectivity index (χ2n) is 4.79. The normalized spacial score (nSPS) is 13.2. The quantitative estimate of drug-likeness (QED) is 0.902. The summed E-state index contributed by atoms with van der Waals surface area (Å²) in [6, 6.07) is 7.10. The average molecular weight is 287 g/mol. The number of phenols is 1. The maximum Gasteiger partial charge on any atom is 0.161 e. The molecule has 20 heavy (non-hydrogen) atoms. The number of benzene rings is 1. The van der Waals surface area contributed by atoms with Gasteiger partial charge in [-0.15, -0.1) is 0 Å². The van der Waals surface area contributed by atoms with Crippen LogP contribution in [0.25, 0.3) is 11.4 Å². The van der Waals surface area contributed by atoms with Crippen LogP contribution in [0.1, 0.15) is 24.6 Å². The van der Waals surface area contributed by atoms with E-state index in [2.05, 4.69) is 22.2 Å². The maximum absolute atomic E-state index is 9.60. The van der Waals surface area contributed by atoms with Gasteiger partial charge < -0.3 is 10.4 Å². The number of nitrogens with zero attached hydrogens (tertiary/aromatic N) is 2. The van der Waals surface area contributed by atoms with Gasteiger partial charge in [0.25, 0.3) is 0 Å². The summed E-state index contributed by atoms with van der Waals surface area (Å²) in [6.45, 7) is 3.05. The van der Waals surface area contributed by atoms with E-state index in [0.29, 0.717) is 5.82 Å². The topological polar surface area (TPSA) is 58.0 Å². The Labute approximate surface area is 122 Å². The van der Waals surface area contributed by atoms with Crippen molar-refractivity contribution in [3.05, 3.63) is 35.5 Å². The number of rotatable bonds is 4. The molecule has 0 atom stereocenters. The summed E-state index contributed by atoms with van der Waals surface area (Å²) in [4.78, 5) is 9.30. The molecule has 0 fully saturated rings. The van der Waals surface area contributed by atoms with Crippen molar-refractivity contribution in [3.8, 4) is 17.1 Å². The van der Waals surface area contributed by atoms with Crippen molar-refractivity contribution < 1.29 is 5.11 Å². The molecular formula is C15H17N3OS. The molecule has 2 aromatic rings. The van der Waals surface area contributed by atoms with Gasteiger partial charge in [0.05, 0.1) is 5.69 Å². The summed E-state index contributed by atoms with van der Waals surface area (Å²) >= 11 is 1.87. The number of phenolic OH excluding ortho intramolecular Hbond substituents is 1. The lowest BCUT2D eigenvalue weighted by Gasteiger charge is -2.11. The van der Waals surface area contributed by atoms with Gasteiger partial charge >= 0.3 is 0 Å². The van der Waals surface area contributed by atoms with Gasteiger partial charge in [-0.2, -0.15) is 11.8 Å². The number of anilines is 1. The second-order valence-corrected chi connectivity index (χ2v) is 5.78. The first-order chi connectivity index (χ1) is 9.78. The Morgan fingerprint density at radius 3 is 3.00 bits per heavy atom. The zero-order chi connectivity index (χ0) is 13.9. The van der Waals surface area contributed by atoms with Gasteiger partial charge in [-0.05, 0) is 18.6 Å². The molecule has 1 aliphatic heterocycles. The molecular weight excluding hydrogens is 270 g/mol. The SMILES string of the molecule is CCCNc1nc(-c2cccc(O)c2)nc2c1CSC2. The highest BCUT2D eigenvalue weighted by Crippen LogP contribution is 2.34. The van der Waals surface area contributed by atoms with Crippen molar-refractivity contribution in [2.75, 3.05) is 11.9 Å². The van der Waals surface area contributed by atoms with E-state index in [4.69, 9.17) is 0 Å². The number of aromatic hydroxyl groups is 1. The molecule has 2 N–H and O–H groups in total. The van der Waals surface area contributed by atoms with Crippen LogP contribution in [0.4, 0.5) is 5.82 Å². The Hall–Kier alpha value is -1.75. The van der Waals surface area contributed by atoms with E-state index in [9.17, 15) is 5.11 Å². The molecule has 5 heteroatoms. The smallest absolute Gasteiger partial charge is 0.161 e. The number of hydrogen-bond acceptors (Lipinski definition) is 5. The molecule has 1 aliphatic rings. The van der Waals surface area contributed by atoms with Crippen molar-refractivity contribution in [3.63, 3.8) is 0 Å². The van der Waals surface area contributed by atoms with Gasteiger partial charge in [-0.25, -0.2) is 9.97 Å². The van der Waals surface area contributed by atoms with E-state index < -0.39 is 0 Å². The summed E-state index contributed by atoms with van der Waals surface area (Å²) in [7, 11) is 0. The molecule has 104 valence electrons. The number of hydrogen-bond donors (Lipinski definition) is 2. The van der Waals surface area contributed by atoms with Gasteiger partial charge in [0.2, 0.25) is 0 Å². The minimum Gasteiger partial charge on any atom is -0.508 e. The monoisotopic (exact) mass is 287 g/mol. The minimum atomic E-state index is 0.240. The lowest BCUT2D eigenvalue weighted by Crippen LogP contribution is -2.08. The highest BCUT2D eigenvalue weighted by Gasteiger charge is 2.20. The summed E-state index contributed by atoms with van der Waals surface area (Å²) in [5, 5.41) is 13.0. The predicted molar refractivity (Wildman–Crippen MR) is 82.9 cm³/mol. The average Bonchev–Trinajstić information content (AvgIpc) is 2.93. The summed E-state index contributed by atoms with van der Waals surface area (Å²) in [5.41, 5.74) is 3.19. The Balaban J connectivity index is 2.04. The van der Waals surface area contributed by atoms with Crippen LogP contribution >= 0.6 is 11.8 Å². The summed E-state index contributed by atoms with van der Waals surface area (Å²) in [5.74, 6) is 3.77. The van der Waals surface area contributed by atoms with Crippen molar-refractivity contribution in [1.29, 1.82) is 0 Å². The molecule has 0 saturated carbocycles. The zero-order valence-corrected chi connectivity index (χ0v) is 12.2. The molecule has 1 aromatic carbocycles. The van der Waals surface area contributed by atoms with Crippen molar-refractivity contribution in [1.82, 2.24) is 9.97 Å². The highest BCUT2D eigenvalue weighted by molar-refractivity contribution is 7.98. The third-order valence-electron chi connectivity index (χ3n) is 3.22. The number of thioether (sulfide) groups is 1. The van der Waals surface area contributed by atoms with Crippen LogP contribution in [0.3, 0.4) is 0 Å². The highest BCUT2D eigenvalue weighted by atomic mass is 32.2. The molecule has 4 nitrogen and oxygen atoms in total. The van der Waals surface area contributed by atoms with Crippen LogP contribution in [0.5, 0.6) is 5.75 Å². The van der Waals surface area contributed by atoms with Crippen LogP contribution < -0.4 is 5.32 Å². The van der Waals surface area contributed by atoms with Gasteiger partial charge in [-0.3, -0.25) is 0 Å². The fraction of sp³-hybridized carbons (Fsp3) is 0.333. The van der Waals surface area contributed by atoms with E-state index in [1.54, 1.807) is 12.1 Å². The standard InChI is InChI=1S/C15H17N3OS/c1-2-6-16-15-12-8-20-9-13(12)17-14(18-15)10-4-3-5-11(19)7-10/h3-5,7,19H,2,6,8-9H2,1H3,(H,16,17,18). The fourth-order valence-corrected chi connectivity index (χ4v) is 3.26. The first-order valence-corrected chi connectivity index (χ1v) is 7.94. The van der Waals surface area contributed by atoms with E-state index in [-0.39, 0.29) is 5.75 Å². The minimum absolute atomic E-state index is 0.240. The number of fused-ring (bicyclic) bond motifs is 1. The summed E-state index contributed by atoms with van der Waals surface area (Å²) < 4.78 is 0. The molecule has 1 aromatic heterocycles. The molecule has 0 spiro atoms. The Morgan fingerprint density at radius 2 is 2.20 bits per heavy atom. The Kier molecular flexibility index (Phi) is 3.78. The molecule has 3 rings (SSSR count). The predicted octanol–water partition coefficient (Wildman–Crippen LogP) is 3.42. The third-order valence-corrected chi connectivity index (χ3v) is 4.20. The number of nitrogens with one attached hydrogen (secondary N) is 1. The van der Waals surface area contributed by atoms with Crippen LogP contribution in [0.15, 0.2) is 24.3 Å². The molecule has 0 radical (unpaired) electrons. The summed E-state index contributed by atoms with van der Waals surface area (Å²) in [6.07, 6.45) is 1.06. The van der Waals surface area contributed by atoms with Crippen LogP contribution in [-0.4, -0.2) is 21.6 Å². The third kappa shape index (κ3) is 2.58. The molecule has 0 unspecified atom stereocenters. The van der Waals surface area contributed by atoms with Gasteiger partial charge in [-0.1, -0.05) is 19.1 Å². The Morgan fingerprint density at radius 1 is 1.30 bits per heavy atom. The second kappa shape index (κ2) is 5.71. The lowest BCUT2D eigenvalue weighted by molar-refractivity contribution is 0.475. The van der Waals surface area contributed by atoms with Crippen molar-refractivity contribution in [2.24, 2.45) is 0 Å². The number of aromatic nitrogens is 2. The van der Waals surface area contributed by atoms with Crippen LogP contribution in [-0.2, 0) is 11.5 Å². The van der Waals surface area contributed by atoms with E-state index in [1.165, 1.54) is 5.56 Å². The van der Waals surface area contributed by atoms with Crippen molar-refractivity contribution >= 4 is 17.6 Å². The fourth-order valence-electron chi connectivity index (χ4n) is 2.21. The molecule has 0 aliphatic carbocycles. The first-order valence-electron chi connectivity index (χ1n) is 6.78. The van der Waals surface area contributed by atoms with Crippen molar-refractivity contribution in [2.45, 2.75) is 24.9 Å². The largest absolute Gasteiger partial charge is 0.508 e.